The monoisotopic (exact) mass is 310 g/mol. The van der Waals surface area contributed by atoms with Crippen molar-refractivity contribution in [2.45, 2.75) is 51.2 Å². The summed E-state index contributed by atoms with van der Waals surface area (Å²) in [5.41, 5.74) is 1.61. The maximum atomic E-state index is 4.74. The number of nitrogens with zero attached hydrogens (tertiary/aromatic N) is 3. The molecule has 0 atom stereocenters. The lowest BCUT2D eigenvalue weighted by Gasteiger charge is -2.49. The quantitative estimate of drug-likeness (QED) is 0.710. The van der Waals surface area contributed by atoms with E-state index in [0.717, 1.165) is 26.2 Å². The van der Waals surface area contributed by atoms with Gasteiger partial charge in [0.15, 0.2) is 0 Å². The van der Waals surface area contributed by atoms with Gasteiger partial charge >= 0.3 is 0 Å². The van der Waals surface area contributed by atoms with E-state index in [0.29, 0.717) is 5.54 Å². The molecule has 1 heterocycles. The zero-order valence-electron chi connectivity index (χ0n) is 14.0. The van der Waals surface area contributed by atoms with Crippen LogP contribution >= 0.6 is 11.3 Å². The van der Waals surface area contributed by atoms with Gasteiger partial charge in [0.25, 0.3) is 0 Å². The highest BCUT2D eigenvalue weighted by Gasteiger charge is 2.39. The summed E-state index contributed by atoms with van der Waals surface area (Å²) in [6, 6.07) is 0. The predicted octanol–water partition coefficient (Wildman–Crippen LogP) is 2.56. The van der Waals surface area contributed by atoms with Crippen LogP contribution in [0.3, 0.4) is 0 Å². The van der Waals surface area contributed by atoms with Gasteiger partial charge in [0.05, 0.1) is 5.69 Å². The third-order valence-corrected chi connectivity index (χ3v) is 5.43. The molecular weight excluding hydrogens is 280 g/mol. The van der Waals surface area contributed by atoms with Crippen molar-refractivity contribution in [2.24, 2.45) is 0 Å². The standard InChI is InChI=1S/C16H30N4S/c1-5-9-17-10-15-18-14(12-21-15)11-20(4)13-16(19(2)3)7-6-8-16/h12,17H,5-11,13H2,1-4H3. The number of rotatable bonds is 9. The zero-order chi connectivity index (χ0) is 15.3. The van der Waals surface area contributed by atoms with Gasteiger partial charge in [-0.25, -0.2) is 4.98 Å². The van der Waals surface area contributed by atoms with Crippen LogP contribution in [0.1, 0.15) is 43.3 Å². The summed E-state index contributed by atoms with van der Waals surface area (Å²) in [4.78, 5) is 9.58. The Morgan fingerprint density at radius 1 is 1.33 bits per heavy atom. The van der Waals surface area contributed by atoms with Crippen LogP contribution < -0.4 is 5.32 Å². The van der Waals surface area contributed by atoms with Crippen molar-refractivity contribution < 1.29 is 0 Å². The first-order chi connectivity index (χ1) is 10.1. The molecule has 1 aromatic heterocycles. The number of thiazole rings is 1. The molecule has 2 rings (SSSR count). The van der Waals surface area contributed by atoms with Crippen LogP contribution in [-0.2, 0) is 13.1 Å². The molecule has 5 heteroatoms. The average Bonchev–Trinajstić information content (AvgIpc) is 2.81. The summed E-state index contributed by atoms with van der Waals surface area (Å²) in [6.07, 6.45) is 5.20. The molecule has 0 spiro atoms. The zero-order valence-corrected chi connectivity index (χ0v) is 14.8. The van der Waals surface area contributed by atoms with Gasteiger partial charge in [0.2, 0.25) is 0 Å². The highest BCUT2D eigenvalue weighted by atomic mass is 32.1. The van der Waals surface area contributed by atoms with E-state index < -0.39 is 0 Å². The molecule has 1 aromatic rings. The van der Waals surface area contributed by atoms with Gasteiger partial charge in [-0.05, 0) is 53.4 Å². The molecular formula is C16H30N4S. The van der Waals surface area contributed by atoms with Gasteiger partial charge in [-0.15, -0.1) is 11.3 Å². The largest absolute Gasteiger partial charge is 0.310 e. The molecule has 21 heavy (non-hydrogen) atoms. The molecule has 120 valence electrons. The minimum atomic E-state index is 0.399. The molecule has 4 nitrogen and oxygen atoms in total. The average molecular weight is 311 g/mol. The first-order valence-corrected chi connectivity index (χ1v) is 8.94. The molecule has 0 saturated heterocycles. The van der Waals surface area contributed by atoms with Crippen LogP contribution in [0.2, 0.25) is 0 Å². The topological polar surface area (TPSA) is 31.4 Å². The Labute approximate surface area is 133 Å². The molecule has 1 fully saturated rings. The Morgan fingerprint density at radius 3 is 2.67 bits per heavy atom. The highest BCUT2D eigenvalue weighted by Crippen LogP contribution is 2.36. The molecule has 0 aromatic carbocycles. The van der Waals surface area contributed by atoms with Gasteiger partial charge < -0.3 is 10.2 Å². The smallest absolute Gasteiger partial charge is 0.107 e. The first-order valence-electron chi connectivity index (χ1n) is 8.06. The van der Waals surface area contributed by atoms with E-state index in [1.54, 1.807) is 11.3 Å². The van der Waals surface area contributed by atoms with Crippen molar-refractivity contribution in [3.8, 4) is 0 Å². The van der Waals surface area contributed by atoms with Crippen molar-refractivity contribution in [1.82, 2.24) is 20.1 Å². The Hall–Kier alpha value is -0.490. The van der Waals surface area contributed by atoms with Crippen molar-refractivity contribution in [1.29, 1.82) is 0 Å². The maximum absolute atomic E-state index is 4.74. The molecule has 0 bridgehead atoms. The van der Waals surface area contributed by atoms with E-state index in [9.17, 15) is 0 Å². The van der Waals surface area contributed by atoms with Gasteiger partial charge in [-0.3, -0.25) is 4.90 Å². The minimum Gasteiger partial charge on any atom is -0.310 e. The van der Waals surface area contributed by atoms with Crippen LogP contribution in [0.4, 0.5) is 0 Å². The Kier molecular flexibility index (Phi) is 6.17. The summed E-state index contributed by atoms with van der Waals surface area (Å²) < 4.78 is 0. The number of aromatic nitrogens is 1. The SMILES string of the molecule is CCCNCc1nc(CN(C)CC2(N(C)C)CCC2)cs1. The summed E-state index contributed by atoms with van der Waals surface area (Å²) in [6.45, 7) is 6.26. The minimum absolute atomic E-state index is 0.399. The van der Waals surface area contributed by atoms with Crippen LogP contribution in [0.5, 0.6) is 0 Å². The third kappa shape index (κ3) is 4.49. The predicted molar refractivity (Wildman–Crippen MR) is 90.7 cm³/mol. The molecule has 1 N–H and O–H groups in total. The molecule has 1 aliphatic rings. The number of hydrogen-bond donors (Lipinski definition) is 1. The lowest BCUT2D eigenvalue weighted by Crippen LogP contribution is -2.56. The van der Waals surface area contributed by atoms with Gasteiger partial charge in [0.1, 0.15) is 5.01 Å². The molecule has 0 amide bonds. The van der Waals surface area contributed by atoms with E-state index >= 15 is 0 Å². The molecule has 0 unspecified atom stereocenters. The summed E-state index contributed by atoms with van der Waals surface area (Å²) >= 11 is 1.78. The van der Waals surface area contributed by atoms with Crippen LogP contribution in [-0.4, -0.2) is 54.6 Å². The summed E-state index contributed by atoms with van der Waals surface area (Å²) in [7, 11) is 6.65. The number of likely N-dealkylation sites (N-methyl/N-ethyl adjacent to an activating group) is 2. The molecule has 1 aliphatic carbocycles. The van der Waals surface area contributed by atoms with Gasteiger partial charge in [-0.2, -0.15) is 0 Å². The highest BCUT2D eigenvalue weighted by molar-refractivity contribution is 7.09. The van der Waals surface area contributed by atoms with Crippen LogP contribution in [0.15, 0.2) is 5.38 Å². The van der Waals surface area contributed by atoms with Gasteiger partial charge in [0, 0.05) is 30.6 Å². The summed E-state index contributed by atoms with van der Waals surface area (Å²) in [5, 5.41) is 6.83. The fourth-order valence-electron chi connectivity index (χ4n) is 3.04. The first kappa shape index (κ1) is 16.9. The second-order valence-electron chi connectivity index (χ2n) is 6.55. The fraction of sp³-hybridized carbons (Fsp3) is 0.812. The van der Waals surface area contributed by atoms with E-state index in [1.807, 2.05) is 0 Å². The molecule has 1 saturated carbocycles. The third-order valence-electron chi connectivity index (χ3n) is 4.53. The van der Waals surface area contributed by atoms with Gasteiger partial charge in [-0.1, -0.05) is 6.92 Å². The Bertz CT molecular complexity index is 426. The fourth-order valence-corrected chi connectivity index (χ4v) is 3.80. The summed E-state index contributed by atoms with van der Waals surface area (Å²) in [5.74, 6) is 0. The van der Waals surface area contributed by atoms with Crippen molar-refractivity contribution in [2.75, 3.05) is 34.2 Å². The lowest BCUT2D eigenvalue weighted by atomic mass is 9.75. The second-order valence-corrected chi connectivity index (χ2v) is 7.50. The number of nitrogens with one attached hydrogen (secondary N) is 1. The van der Waals surface area contributed by atoms with Crippen molar-refractivity contribution >= 4 is 11.3 Å². The Morgan fingerprint density at radius 2 is 2.10 bits per heavy atom. The normalized spacial score (nSPS) is 17.4. The van der Waals surface area contributed by atoms with E-state index in [1.165, 1.54) is 36.4 Å². The van der Waals surface area contributed by atoms with E-state index in [-0.39, 0.29) is 0 Å². The van der Waals surface area contributed by atoms with E-state index in [4.69, 9.17) is 4.98 Å². The maximum Gasteiger partial charge on any atom is 0.107 e. The number of hydrogen-bond acceptors (Lipinski definition) is 5. The van der Waals surface area contributed by atoms with Crippen molar-refractivity contribution in [3.05, 3.63) is 16.1 Å². The van der Waals surface area contributed by atoms with Crippen molar-refractivity contribution in [3.63, 3.8) is 0 Å². The van der Waals surface area contributed by atoms with Crippen LogP contribution in [0.25, 0.3) is 0 Å². The van der Waals surface area contributed by atoms with Crippen LogP contribution in [0, 0.1) is 0 Å². The second kappa shape index (κ2) is 7.68. The molecule has 0 aliphatic heterocycles. The lowest BCUT2D eigenvalue weighted by molar-refractivity contribution is 0.0256. The molecule has 0 radical (unpaired) electrons. The Balaban J connectivity index is 1.81. The van der Waals surface area contributed by atoms with E-state index in [2.05, 4.69) is 48.6 Å².